The summed E-state index contributed by atoms with van der Waals surface area (Å²) >= 11 is 0. The van der Waals surface area contributed by atoms with Crippen LogP contribution >= 0.6 is 0 Å². The minimum absolute atomic E-state index is 0.249. The molecule has 0 atom stereocenters. The third-order valence-electron chi connectivity index (χ3n) is 6.54. The molecule has 0 saturated carbocycles. The molecule has 0 unspecified atom stereocenters. The van der Waals surface area contributed by atoms with Gasteiger partial charge in [0, 0.05) is 45.8 Å². The molecule has 1 saturated heterocycles. The molecular formula is C25H33N3O3. The summed E-state index contributed by atoms with van der Waals surface area (Å²) in [6.45, 7) is 8.85. The van der Waals surface area contributed by atoms with Gasteiger partial charge in [0.2, 0.25) is 5.91 Å². The Morgan fingerprint density at radius 2 is 1.55 bits per heavy atom. The maximum atomic E-state index is 12.9. The molecule has 0 spiro atoms. The van der Waals surface area contributed by atoms with Gasteiger partial charge in [-0.1, -0.05) is 24.3 Å². The zero-order chi connectivity index (χ0) is 21.8. The first kappa shape index (κ1) is 21.7. The molecule has 166 valence electrons. The molecule has 2 aliphatic heterocycles. The normalized spacial score (nSPS) is 17.3. The quantitative estimate of drug-likeness (QED) is 0.715. The highest BCUT2D eigenvalue weighted by Crippen LogP contribution is 2.31. The first-order chi connectivity index (χ1) is 15.1. The van der Waals surface area contributed by atoms with Gasteiger partial charge in [0.15, 0.2) is 11.5 Å². The van der Waals surface area contributed by atoms with Crippen LogP contribution in [0.25, 0.3) is 0 Å². The van der Waals surface area contributed by atoms with Crippen LogP contribution < -0.4 is 9.47 Å². The van der Waals surface area contributed by atoms with Crippen LogP contribution in [-0.4, -0.2) is 74.1 Å². The van der Waals surface area contributed by atoms with Gasteiger partial charge >= 0.3 is 0 Å². The van der Waals surface area contributed by atoms with Gasteiger partial charge in [0.25, 0.3) is 0 Å². The van der Waals surface area contributed by atoms with Crippen LogP contribution in [0.1, 0.15) is 22.3 Å². The second kappa shape index (κ2) is 9.71. The van der Waals surface area contributed by atoms with E-state index in [1.165, 1.54) is 22.3 Å². The lowest BCUT2D eigenvalue weighted by Gasteiger charge is -2.36. The van der Waals surface area contributed by atoms with Crippen molar-refractivity contribution >= 4 is 5.91 Å². The van der Waals surface area contributed by atoms with Gasteiger partial charge in [-0.15, -0.1) is 0 Å². The summed E-state index contributed by atoms with van der Waals surface area (Å²) in [4.78, 5) is 19.6. The Balaban J connectivity index is 1.28. The number of hydrogen-bond donors (Lipinski definition) is 0. The van der Waals surface area contributed by atoms with Gasteiger partial charge in [-0.05, 0) is 47.7 Å². The van der Waals surface area contributed by atoms with Gasteiger partial charge in [-0.3, -0.25) is 14.6 Å². The maximum absolute atomic E-state index is 12.9. The lowest BCUT2D eigenvalue weighted by atomic mass is 10.00. The number of rotatable bonds is 6. The molecule has 2 aromatic rings. The first-order valence-corrected chi connectivity index (χ1v) is 11.1. The van der Waals surface area contributed by atoms with Crippen molar-refractivity contribution < 1.29 is 14.3 Å². The number of amides is 1. The molecule has 31 heavy (non-hydrogen) atoms. The van der Waals surface area contributed by atoms with Crippen LogP contribution in [0.2, 0.25) is 0 Å². The van der Waals surface area contributed by atoms with E-state index in [2.05, 4.69) is 47.1 Å². The molecule has 0 bridgehead atoms. The van der Waals surface area contributed by atoms with E-state index < -0.39 is 0 Å². The minimum Gasteiger partial charge on any atom is -0.493 e. The Hall–Kier alpha value is -2.57. The number of carbonyl (C=O) groups is 1. The van der Waals surface area contributed by atoms with E-state index in [4.69, 9.17) is 9.47 Å². The summed E-state index contributed by atoms with van der Waals surface area (Å²) in [6.07, 6.45) is 0.959. The van der Waals surface area contributed by atoms with Gasteiger partial charge in [0.05, 0.1) is 20.8 Å². The van der Waals surface area contributed by atoms with E-state index >= 15 is 0 Å². The van der Waals surface area contributed by atoms with Crippen molar-refractivity contribution in [3.63, 3.8) is 0 Å². The summed E-state index contributed by atoms with van der Waals surface area (Å²) < 4.78 is 10.9. The Labute approximate surface area is 185 Å². The second-order valence-electron chi connectivity index (χ2n) is 8.52. The summed E-state index contributed by atoms with van der Waals surface area (Å²) in [5, 5.41) is 0. The fourth-order valence-corrected chi connectivity index (χ4v) is 4.54. The number of aryl methyl sites for hydroxylation is 1. The molecule has 1 amide bonds. The zero-order valence-electron chi connectivity index (χ0n) is 18.9. The molecule has 4 rings (SSSR count). The van der Waals surface area contributed by atoms with Crippen LogP contribution in [0.3, 0.4) is 0 Å². The maximum Gasteiger partial charge on any atom is 0.237 e. The average molecular weight is 424 g/mol. The summed E-state index contributed by atoms with van der Waals surface area (Å²) in [5.41, 5.74) is 5.14. The molecule has 2 heterocycles. The predicted octanol–water partition coefficient (Wildman–Crippen LogP) is 2.71. The Kier molecular flexibility index (Phi) is 6.78. The lowest BCUT2D eigenvalue weighted by Crippen LogP contribution is -2.50. The molecule has 1 fully saturated rings. The van der Waals surface area contributed by atoms with Crippen molar-refractivity contribution in [3.8, 4) is 11.5 Å². The van der Waals surface area contributed by atoms with Crippen molar-refractivity contribution in [2.75, 3.05) is 53.5 Å². The molecule has 6 nitrogen and oxygen atoms in total. The monoisotopic (exact) mass is 423 g/mol. The highest BCUT2D eigenvalue weighted by molar-refractivity contribution is 5.78. The van der Waals surface area contributed by atoms with E-state index in [0.29, 0.717) is 6.54 Å². The van der Waals surface area contributed by atoms with Crippen LogP contribution in [0.4, 0.5) is 0 Å². The van der Waals surface area contributed by atoms with Crippen LogP contribution in [0.15, 0.2) is 36.4 Å². The largest absolute Gasteiger partial charge is 0.493 e. The van der Waals surface area contributed by atoms with Crippen molar-refractivity contribution in [3.05, 3.63) is 58.7 Å². The topological polar surface area (TPSA) is 45.2 Å². The Morgan fingerprint density at radius 3 is 2.26 bits per heavy atom. The molecule has 2 aromatic carbocycles. The molecular weight excluding hydrogens is 390 g/mol. The fraction of sp³-hybridized carbons (Fsp3) is 0.480. The van der Waals surface area contributed by atoms with Crippen LogP contribution in [0, 0.1) is 6.92 Å². The molecule has 2 aliphatic rings. The number of carbonyl (C=O) groups excluding carboxylic acids is 1. The van der Waals surface area contributed by atoms with E-state index in [1.807, 2.05) is 11.0 Å². The highest BCUT2D eigenvalue weighted by atomic mass is 16.5. The molecule has 6 heteroatoms. The van der Waals surface area contributed by atoms with Crippen molar-refractivity contribution in [2.45, 2.75) is 26.4 Å². The number of nitrogens with zero attached hydrogens (tertiary/aromatic N) is 3. The molecule has 0 N–H and O–H groups in total. The standard InChI is InChI=1S/C25H33N3O3/c1-19-14-23(30-2)24(31-3)15-22(19)16-26-10-12-27(13-11-26)18-25(29)28-9-8-20-6-4-5-7-21(20)17-28/h4-7,14-15H,8-13,16-18H2,1-3H3. The summed E-state index contributed by atoms with van der Waals surface area (Å²) in [6, 6.07) is 12.6. The molecule has 0 aliphatic carbocycles. The predicted molar refractivity (Wildman–Crippen MR) is 122 cm³/mol. The molecule has 0 aromatic heterocycles. The van der Waals surface area contributed by atoms with Crippen molar-refractivity contribution in [2.24, 2.45) is 0 Å². The number of benzene rings is 2. The Morgan fingerprint density at radius 1 is 0.903 bits per heavy atom. The lowest BCUT2D eigenvalue weighted by molar-refractivity contribution is -0.133. The second-order valence-corrected chi connectivity index (χ2v) is 8.52. The van der Waals surface area contributed by atoms with Gasteiger partial charge in [-0.2, -0.15) is 0 Å². The third kappa shape index (κ3) is 5.02. The van der Waals surface area contributed by atoms with Crippen molar-refractivity contribution in [1.29, 1.82) is 0 Å². The number of hydrogen-bond acceptors (Lipinski definition) is 5. The summed E-state index contributed by atoms with van der Waals surface area (Å²) in [5.74, 6) is 1.79. The van der Waals surface area contributed by atoms with Crippen molar-refractivity contribution in [1.82, 2.24) is 14.7 Å². The smallest absolute Gasteiger partial charge is 0.237 e. The third-order valence-corrected chi connectivity index (χ3v) is 6.54. The summed E-state index contributed by atoms with van der Waals surface area (Å²) in [7, 11) is 3.34. The van der Waals surface area contributed by atoms with E-state index in [9.17, 15) is 4.79 Å². The zero-order valence-corrected chi connectivity index (χ0v) is 18.9. The highest BCUT2D eigenvalue weighted by Gasteiger charge is 2.24. The van der Waals surface area contributed by atoms with Gasteiger partial charge in [-0.25, -0.2) is 0 Å². The first-order valence-electron chi connectivity index (χ1n) is 11.1. The van der Waals surface area contributed by atoms with Crippen LogP contribution in [-0.2, 0) is 24.3 Å². The van der Waals surface area contributed by atoms with E-state index in [1.54, 1.807) is 14.2 Å². The average Bonchev–Trinajstić information content (AvgIpc) is 2.80. The number of fused-ring (bicyclic) bond motifs is 1. The fourth-order valence-electron chi connectivity index (χ4n) is 4.54. The van der Waals surface area contributed by atoms with Gasteiger partial charge in [0.1, 0.15) is 0 Å². The molecule has 0 radical (unpaired) electrons. The SMILES string of the molecule is COc1cc(C)c(CN2CCN(CC(=O)N3CCc4ccccc4C3)CC2)cc1OC. The number of piperazine rings is 1. The van der Waals surface area contributed by atoms with Crippen LogP contribution in [0.5, 0.6) is 11.5 Å². The van der Waals surface area contributed by atoms with E-state index in [0.717, 1.165) is 63.7 Å². The minimum atomic E-state index is 0.249. The number of ether oxygens (including phenoxy) is 2. The Bertz CT molecular complexity index is 922. The van der Waals surface area contributed by atoms with E-state index in [-0.39, 0.29) is 5.91 Å². The number of methoxy groups -OCH3 is 2. The van der Waals surface area contributed by atoms with Gasteiger partial charge < -0.3 is 14.4 Å².